The number of methoxy groups -OCH3 is 2. The normalized spacial score (nSPS) is 19.9. The highest BCUT2D eigenvalue weighted by atomic mass is 32.2. The van der Waals surface area contributed by atoms with Crippen LogP contribution in [0.25, 0.3) is 0 Å². The third-order valence-electron chi connectivity index (χ3n) is 9.12. The van der Waals surface area contributed by atoms with Crippen molar-refractivity contribution in [3.05, 3.63) is 83.4 Å². The number of benzene rings is 3. The molecule has 11 heteroatoms. The molecular weight excluding hydrogens is 632 g/mol. The number of piperidine rings is 1. The molecule has 0 aliphatic carbocycles. The van der Waals surface area contributed by atoms with Crippen LogP contribution in [0.1, 0.15) is 41.9 Å². The number of aliphatic hydroxyl groups is 1. The maximum atomic E-state index is 13.9. The summed E-state index contributed by atoms with van der Waals surface area (Å²) in [6.07, 6.45) is 2.22. The van der Waals surface area contributed by atoms with Gasteiger partial charge in [0.15, 0.2) is 0 Å². The number of hydrogen-bond acceptors (Lipinski definition) is 9. The van der Waals surface area contributed by atoms with Crippen LogP contribution < -0.4 is 14.4 Å². The Morgan fingerprint density at radius 2 is 1.62 bits per heavy atom. The minimum Gasteiger partial charge on any atom is -0.494 e. The monoisotopic (exact) mass is 682 g/mol. The first kappa shape index (κ1) is 36.1. The van der Waals surface area contributed by atoms with Gasteiger partial charge < -0.3 is 33.7 Å². The number of aryl methyl sites for hydroxylation is 1. The Balaban J connectivity index is 1.38. The molecular formula is C37H50N2O8S. The molecule has 2 aliphatic rings. The van der Waals surface area contributed by atoms with E-state index >= 15 is 0 Å². The fraction of sp³-hybridized carbons (Fsp3) is 0.514. The number of nitrogens with zero attached hydrogens (tertiary/aromatic N) is 2. The van der Waals surface area contributed by atoms with Crippen molar-refractivity contribution in [1.29, 1.82) is 0 Å². The van der Waals surface area contributed by atoms with Gasteiger partial charge in [-0.1, -0.05) is 35.9 Å². The molecule has 0 saturated carbocycles. The van der Waals surface area contributed by atoms with Crippen molar-refractivity contribution in [3.8, 4) is 11.5 Å². The van der Waals surface area contributed by atoms with Gasteiger partial charge in [0.2, 0.25) is 10.0 Å². The van der Waals surface area contributed by atoms with Crippen molar-refractivity contribution in [2.24, 2.45) is 5.92 Å². The van der Waals surface area contributed by atoms with Crippen molar-refractivity contribution < 1.29 is 37.2 Å². The molecule has 0 unspecified atom stereocenters. The zero-order valence-electron chi connectivity index (χ0n) is 28.4. The minimum absolute atomic E-state index is 0.159. The second kappa shape index (κ2) is 17.5. The molecule has 3 atom stereocenters. The molecule has 0 spiro atoms. The summed E-state index contributed by atoms with van der Waals surface area (Å²) >= 11 is 0. The predicted molar refractivity (Wildman–Crippen MR) is 186 cm³/mol. The summed E-state index contributed by atoms with van der Waals surface area (Å²) in [4.78, 5) is 2.54. The van der Waals surface area contributed by atoms with Crippen LogP contribution in [0.3, 0.4) is 0 Å². The Kier molecular flexibility index (Phi) is 13.1. The Hall–Kier alpha value is -3.19. The highest BCUT2D eigenvalue weighted by molar-refractivity contribution is 7.89. The van der Waals surface area contributed by atoms with Gasteiger partial charge in [-0.3, -0.25) is 0 Å². The van der Waals surface area contributed by atoms with E-state index in [1.807, 2.05) is 43.3 Å². The molecule has 10 nitrogen and oxygen atoms in total. The molecule has 262 valence electrons. The van der Waals surface area contributed by atoms with Gasteiger partial charge in [-0.2, -0.15) is 4.31 Å². The maximum absolute atomic E-state index is 13.9. The summed E-state index contributed by atoms with van der Waals surface area (Å²) in [5, 5.41) is 10.7. The lowest BCUT2D eigenvalue weighted by molar-refractivity contribution is -0.0351. The van der Waals surface area contributed by atoms with E-state index in [0.717, 1.165) is 66.2 Å². The lowest BCUT2D eigenvalue weighted by Gasteiger charge is -2.42. The van der Waals surface area contributed by atoms with Crippen LogP contribution in [0.4, 0.5) is 5.69 Å². The smallest absolute Gasteiger partial charge is 0.243 e. The zero-order chi connectivity index (χ0) is 33.9. The SMILES string of the molecule is COCCCCOc1ccc([C@H]2[C@H](CO)CN(S(=O)(=O)c3ccc(C)cc3)C[C@@H]2OCc2ccc3c(c2)N(CCCOC)CCO3)cc1. The first-order valence-corrected chi connectivity index (χ1v) is 18.3. The first-order valence-electron chi connectivity index (χ1n) is 16.8. The number of ether oxygens (including phenoxy) is 5. The number of anilines is 1. The summed E-state index contributed by atoms with van der Waals surface area (Å²) in [6, 6.07) is 20.9. The van der Waals surface area contributed by atoms with Gasteiger partial charge in [-0.25, -0.2) is 8.42 Å². The van der Waals surface area contributed by atoms with Crippen molar-refractivity contribution >= 4 is 15.7 Å². The summed E-state index contributed by atoms with van der Waals surface area (Å²) < 4.78 is 58.1. The second-order valence-corrected chi connectivity index (χ2v) is 14.5. The third kappa shape index (κ3) is 9.07. The van der Waals surface area contributed by atoms with E-state index in [4.69, 9.17) is 23.7 Å². The standard InChI is InChI=1S/C37H50N2O8S/c1-28-7-14-33(15-8-28)48(41,42)39-24-31(26-40)37(30-10-12-32(13-11-30)45-21-5-4-19-43-2)36(25-39)47-27-29-9-16-35-34(23-29)38(18-22-46-35)17-6-20-44-3/h7-16,23,31,36-37,40H,4-6,17-22,24-27H2,1-3H3/t31-,36-,37-/m0/s1. The van der Waals surface area contributed by atoms with Crippen LogP contribution in [0.5, 0.6) is 11.5 Å². The molecule has 3 aromatic carbocycles. The molecule has 48 heavy (non-hydrogen) atoms. The van der Waals surface area contributed by atoms with E-state index in [0.29, 0.717) is 26.4 Å². The third-order valence-corrected chi connectivity index (χ3v) is 11.0. The van der Waals surface area contributed by atoms with Gasteiger partial charge in [0.05, 0.1) is 36.4 Å². The number of aliphatic hydroxyl groups excluding tert-OH is 1. The van der Waals surface area contributed by atoms with Crippen LogP contribution in [0.15, 0.2) is 71.6 Å². The molecule has 0 amide bonds. The van der Waals surface area contributed by atoms with E-state index < -0.39 is 16.1 Å². The van der Waals surface area contributed by atoms with Crippen molar-refractivity contribution in [3.63, 3.8) is 0 Å². The molecule has 0 aromatic heterocycles. The first-order chi connectivity index (χ1) is 23.3. The van der Waals surface area contributed by atoms with Gasteiger partial charge in [0.1, 0.15) is 18.1 Å². The summed E-state index contributed by atoms with van der Waals surface area (Å²) in [6.45, 7) is 6.63. The Labute approximate surface area is 285 Å². The topological polar surface area (TPSA) is 107 Å². The van der Waals surface area contributed by atoms with Crippen LogP contribution in [0.2, 0.25) is 0 Å². The van der Waals surface area contributed by atoms with Gasteiger partial charge in [0.25, 0.3) is 0 Å². The van der Waals surface area contributed by atoms with E-state index in [2.05, 4.69) is 11.0 Å². The molecule has 0 radical (unpaired) electrons. The molecule has 2 aliphatic heterocycles. The van der Waals surface area contributed by atoms with E-state index in [1.165, 1.54) is 4.31 Å². The molecule has 0 bridgehead atoms. The Morgan fingerprint density at radius 1 is 0.896 bits per heavy atom. The molecule has 5 rings (SSSR count). The average molecular weight is 683 g/mol. The van der Waals surface area contributed by atoms with E-state index in [1.54, 1.807) is 38.5 Å². The number of fused-ring (bicyclic) bond motifs is 1. The highest BCUT2D eigenvalue weighted by Crippen LogP contribution is 2.39. The van der Waals surface area contributed by atoms with Crippen LogP contribution in [-0.2, 0) is 30.8 Å². The van der Waals surface area contributed by atoms with Gasteiger partial charge >= 0.3 is 0 Å². The molecule has 2 heterocycles. The van der Waals surface area contributed by atoms with Crippen molar-refractivity contribution in [2.45, 2.75) is 49.7 Å². The average Bonchev–Trinajstić information content (AvgIpc) is 3.11. The highest BCUT2D eigenvalue weighted by Gasteiger charge is 2.42. The molecule has 3 aromatic rings. The fourth-order valence-corrected chi connectivity index (χ4v) is 8.01. The number of sulfonamides is 1. The summed E-state index contributed by atoms with van der Waals surface area (Å²) in [5.74, 6) is 0.995. The summed E-state index contributed by atoms with van der Waals surface area (Å²) in [5.41, 5.74) is 3.94. The van der Waals surface area contributed by atoms with Gasteiger partial charge in [-0.15, -0.1) is 0 Å². The second-order valence-electron chi connectivity index (χ2n) is 12.6. The Morgan fingerprint density at radius 3 is 2.35 bits per heavy atom. The van der Waals surface area contributed by atoms with Crippen molar-refractivity contribution in [1.82, 2.24) is 4.31 Å². The van der Waals surface area contributed by atoms with E-state index in [-0.39, 0.29) is 43.0 Å². The lowest BCUT2D eigenvalue weighted by Crippen LogP contribution is -2.52. The largest absolute Gasteiger partial charge is 0.494 e. The number of unbranched alkanes of at least 4 members (excludes halogenated alkanes) is 1. The van der Waals surface area contributed by atoms with Crippen LogP contribution >= 0.6 is 0 Å². The summed E-state index contributed by atoms with van der Waals surface area (Å²) in [7, 11) is -0.412. The fourth-order valence-electron chi connectivity index (χ4n) is 6.51. The zero-order valence-corrected chi connectivity index (χ0v) is 29.2. The number of rotatable bonds is 17. The molecule has 1 fully saturated rings. The quantitative estimate of drug-likeness (QED) is 0.197. The molecule has 1 N–H and O–H groups in total. The molecule has 1 saturated heterocycles. The van der Waals surface area contributed by atoms with Crippen molar-refractivity contribution in [2.75, 3.05) is 78.3 Å². The minimum atomic E-state index is -3.82. The maximum Gasteiger partial charge on any atom is 0.243 e. The lowest BCUT2D eigenvalue weighted by atomic mass is 9.79. The predicted octanol–water partition coefficient (Wildman–Crippen LogP) is 5.02. The van der Waals surface area contributed by atoms with Crippen LogP contribution in [0, 0.1) is 12.8 Å². The van der Waals surface area contributed by atoms with E-state index in [9.17, 15) is 13.5 Å². The Bertz CT molecular complexity index is 1530. The van der Waals surface area contributed by atoms with Crippen LogP contribution in [-0.4, -0.2) is 97.4 Å². The van der Waals surface area contributed by atoms with Gasteiger partial charge in [0, 0.05) is 65.5 Å². The number of hydrogen-bond donors (Lipinski definition) is 1. The van der Waals surface area contributed by atoms with Gasteiger partial charge in [-0.05, 0) is 73.7 Å².